The first kappa shape index (κ1) is 11.8. The van der Waals surface area contributed by atoms with Gasteiger partial charge in [0.1, 0.15) is 0 Å². The highest BCUT2D eigenvalue weighted by Gasteiger charge is 2.10. The number of hydrogen-bond donors (Lipinski definition) is 1. The molecule has 1 aromatic rings. The van der Waals surface area contributed by atoms with Gasteiger partial charge in [0.25, 0.3) is 5.91 Å². The Morgan fingerprint density at radius 2 is 1.94 bits per heavy atom. The van der Waals surface area contributed by atoms with E-state index in [0.717, 1.165) is 18.7 Å². The molecule has 1 aliphatic rings. The van der Waals surface area contributed by atoms with Crippen LogP contribution in [0, 0.1) is 0 Å². The van der Waals surface area contributed by atoms with Crippen LogP contribution in [-0.2, 0) is 9.53 Å². The SMILES string of the molecule is O=C(C=Cc1ccccc1)NN1CCOCC1. The van der Waals surface area contributed by atoms with Gasteiger partial charge in [-0.2, -0.15) is 0 Å². The summed E-state index contributed by atoms with van der Waals surface area (Å²) in [7, 11) is 0. The van der Waals surface area contributed by atoms with Crippen LogP contribution in [0.4, 0.5) is 0 Å². The lowest BCUT2D eigenvalue weighted by Crippen LogP contribution is -2.47. The van der Waals surface area contributed by atoms with Crippen LogP contribution in [0.5, 0.6) is 0 Å². The van der Waals surface area contributed by atoms with E-state index in [9.17, 15) is 4.79 Å². The predicted octanol–water partition coefficient (Wildman–Crippen LogP) is 1.06. The highest BCUT2D eigenvalue weighted by atomic mass is 16.5. The highest BCUT2D eigenvalue weighted by Crippen LogP contribution is 2.00. The van der Waals surface area contributed by atoms with Crippen molar-refractivity contribution in [2.45, 2.75) is 0 Å². The van der Waals surface area contributed by atoms with Crippen molar-refractivity contribution in [1.29, 1.82) is 0 Å². The number of nitrogens with one attached hydrogen (secondary N) is 1. The second kappa shape index (κ2) is 6.18. The minimum atomic E-state index is -0.101. The Bertz CT molecular complexity index is 384. The Morgan fingerprint density at radius 3 is 2.65 bits per heavy atom. The summed E-state index contributed by atoms with van der Waals surface area (Å²) in [6.07, 6.45) is 3.35. The van der Waals surface area contributed by atoms with Crippen LogP contribution in [0.15, 0.2) is 36.4 Å². The maximum absolute atomic E-state index is 11.6. The van der Waals surface area contributed by atoms with Gasteiger partial charge in [0.15, 0.2) is 0 Å². The molecule has 0 radical (unpaired) electrons. The molecule has 1 heterocycles. The molecule has 1 aromatic carbocycles. The molecule has 17 heavy (non-hydrogen) atoms. The molecule has 0 saturated carbocycles. The minimum Gasteiger partial charge on any atom is -0.379 e. The van der Waals surface area contributed by atoms with E-state index >= 15 is 0 Å². The quantitative estimate of drug-likeness (QED) is 0.792. The summed E-state index contributed by atoms with van der Waals surface area (Å²) in [4.78, 5) is 11.6. The van der Waals surface area contributed by atoms with Gasteiger partial charge in [0, 0.05) is 19.2 Å². The maximum atomic E-state index is 11.6. The second-order valence-electron chi connectivity index (χ2n) is 3.82. The van der Waals surface area contributed by atoms with E-state index in [-0.39, 0.29) is 5.91 Å². The Kier molecular flexibility index (Phi) is 4.30. The molecule has 1 saturated heterocycles. The summed E-state index contributed by atoms with van der Waals surface area (Å²) in [5.41, 5.74) is 3.83. The van der Waals surface area contributed by atoms with Gasteiger partial charge in [-0.1, -0.05) is 30.3 Å². The van der Waals surface area contributed by atoms with Gasteiger partial charge in [-0.3, -0.25) is 10.2 Å². The van der Waals surface area contributed by atoms with Crippen molar-refractivity contribution in [3.05, 3.63) is 42.0 Å². The first-order valence-corrected chi connectivity index (χ1v) is 5.71. The molecule has 1 fully saturated rings. The standard InChI is InChI=1S/C13H16N2O2/c16-13(14-15-8-10-17-11-9-15)7-6-12-4-2-1-3-5-12/h1-7H,8-11H2,(H,14,16). The van der Waals surface area contributed by atoms with Crippen molar-refractivity contribution >= 4 is 12.0 Å². The molecule has 0 bridgehead atoms. The lowest BCUT2D eigenvalue weighted by Gasteiger charge is -2.26. The topological polar surface area (TPSA) is 41.6 Å². The fourth-order valence-electron chi connectivity index (χ4n) is 1.60. The molecule has 0 aromatic heterocycles. The zero-order valence-electron chi connectivity index (χ0n) is 9.63. The summed E-state index contributed by atoms with van der Waals surface area (Å²) < 4.78 is 5.20. The number of ether oxygens (including phenoxy) is 1. The third kappa shape index (κ3) is 4.01. The van der Waals surface area contributed by atoms with Gasteiger partial charge < -0.3 is 4.74 Å². The normalized spacial score (nSPS) is 17.2. The van der Waals surface area contributed by atoms with Crippen molar-refractivity contribution in [2.24, 2.45) is 0 Å². The maximum Gasteiger partial charge on any atom is 0.258 e. The molecule has 1 N–H and O–H groups in total. The molecule has 2 rings (SSSR count). The Morgan fingerprint density at radius 1 is 1.24 bits per heavy atom. The summed E-state index contributed by atoms with van der Waals surface area (Å²) in [5.74, 6) is -0.101. The van der Waals surface area contributed by atoms with E-state index in [1.54, 1.807) is 12.2 Å². The lowest BCUT2D eigenvalue weighted by atomic mass is 10.2. The van der Waals surface area contributed by atoms with Crippen LogP contribution in [0.2, 0.25) is 0 Å². The lowest BCUT2D eigenvalue weighted by molar-refractivity contribution is -0.123. The largest absolute Gasteiger partial charge is 0.379 e. The Balaban J connectivity index is 1.82. The third-order valence-electron chi connectivity index (χ3n) is 2.51. The van der Waals surface area contributed by atoms with Crippen LogP contribution in [0.25, 0.3) is 6.08 Å². The van der Waals surface area contributed by atoms with Crippen molar-refractivity contribution in [3.63, 3.8) is 0 Å². The number of hydrogen-bond acceptors (Lipinski definition) is 3. The molecular formula is C13H16N2O2. The number of amides is 1. The number of benzene rings is 1. The summed E-state index contributed by atoms with van der Waals surface area (Å²) in [6, 6.07) is 9.75. The van der Waals surface area contributed by atoms with Crippen LogP contribution in [-0.4, -0.2) is 37.2 Å². The summed E-state index contributed by atoms with van der Waals surface area (Å²) in [6.45, 7) is 2.82. The van der Waals surface area contributed by atoms with Gasteiger partial charge >= 0.3 is 0 Å². The third-order valence-corrected chi connectivity index (χ3v) is 2.51. The number of hydrazine groups is 1. The van der Waals surface area contributed by atoms with Gasteiger partial charge in [-0.15, -0.1) is 0 Å². The monoisotopic (exact) mass is 232 g/mol. The Hall–Kier alpha value is -1.65. The van der Waals surface area contributed by atoms with Crippen molar-refractivity contribution in [3.8, 4) is 0 Å². The van der Waals surface area contributed by atoms with Crippen LogP contribution >= 0.6 is 0 Å². The number of rotatable bonds is 3. The van der Waals surface area contributed by atoms with Crippen molar-refractivity contribution < 1.29 is 9.53 Å². The van der Waals surface area contributed by atoms with E-state index in [1.165, 1.54) is 0 Å². The summed E-state index contributed by atoms with van der Waals surface area (Å²) in [5, 5.41) is 1.88. The van der Waals surface area contributed by atoms with E-state index in [1.807, 2.05) is 35.3 Å². The molecule has 90 valence electrons. The van der Waals surface area contributed by atoms with E-state index in [0.29, 0.717) is 13.2 Å². The Labute approximate surface area is 101 Å². The highest BCUT2D eigenvalue weighted by molar-refractivity contribution is 5.91. The van der Waals surface area contributed by atoms with E-state index in [4.69, 9.17) is 4.74 Å². The van der Waals surface area contributed by atoms with Gasteiger partial charge in [-0.25, -0.2) is 5.01 Å². The zero-order valence-corrected chi connectivity index (χ0v) is 9.63. The molecule has 4 heteroatoms. The molecule has 0 spiro atoms. The van der Waals surface area contributed by atoms with Crippen LogP contribution in [0.3, 0.4) is 0 Å². The molecule has 0 aliphatic carbocycles. The van der Waals surface area contributed by atoms with Crippen molar-refractivity contribution in [2.75, 3.05) is 26.3 Å². The minimum absolute atomic E-state index is 0.101. The first-order chi connectivity index (χ1) is 8.34. The zero-order chi connectivity index (χ0) is 11.9. The van der Waals surface area contributed by atoms with Gasteiger partial charge in [0.2, 0.25) is 0 Å². The fourth-order valence-corrected chi connectivity index (χ4v) is 1.60. The molecule has 0 atom stereocenters. The molecule has 1 amide bonds. The average molecular weight is 232 g/mol. The number of morpholine rings is 1. The fraction of sp³-hybridized carbons (Fsp3) is 0.308. The smallest absolute Gasteiger partial charge is 0.258 e. The van der Waals surface area contributed by atoms with Gasteiger partial charge in [0.05, 0.1) is 13.2 Å². The average Bonchev–Trinajstić information content (AvgIpc) is 2.39. The number of carbonyl (C=O) groups excluding carboxylic acids is 1. The molecule has 4 nitrogen and oxygen atoms in total. The van der Waals surface area contributed by atoms with Crippen molar-refractivity contribution in [1.82, 2.24) is 10.4 Å². The van der Waals surface area contributed by atoms with Gasteiger partial charge in [-0.05, 0) is 11.6 Å². The molecular weight excluding hydrogens is 216 g/mol. The molecule has 1 aliphatic heterocycles. The van der Waals surface area contributed by atoms with E-state index < -0.39 is 0 Å². The predicted molar refractivity (Wildman–Crippen MR) is 66.0 cm³/mol. The summed E-state index contributed by atoms with van der Waals surface area (Å²) >= 11 is 0. The number of carbonyl (C=O) groups is 1. The second-order valence-corrected chi connectivity index (χ2v) is 3.82. The number of nitrogens with zero attached hydrogens (tertiary/aromatic N) is 1. The molecule has 0 unspecified atom stereocenters. The van der Waals surface area contributed by atoms with Crippen LogP contribution < -0.4 is 5.43 Å². The van der Waals surface area contributed by atoms with E-state index in [2.05, 4.69) is 5.43 Å². The first-order valence-electron chi connectivity index (χ1n) is 5.71. The van der Waals surface area contributed by atoms with Crippen LogP contribution in [0.1, 0.15) is 5.56 Å².